The number of H-pyrrole nitrogens is 1. The lowest BCUT2D eigenvalue weighted by Crippen LogP contribution is -2.36. The first-order valence-electron chi connectivity index (χ1n) is 7.86. The predicted octanol–water partition coefficient (Wildman–Crippen LogP) is 2.13. The van der Waals surface area contributed by atoms with Crippen molar-refractivity contribution in [3.63, 3.8) is 0 Å². The Bertz CT molecular complexity index is 946. The highest BCUT2D eigenvalue weighted by Gasteiger charge is 2.17. The molecule has 0 bridgehead atoms. The molecule has 1 aliphatic rings. The van der Waals surface area contributed by atoms with Crippen molar-refractivity contribution in [2.45, 2.75) is 0 Å². The number of phenols is 1. The second-order valence-corrected chi connectivity index (χ2v) is 5.74. The average molecular weight is 323 g/mol. The number of fused-ring (bicyclic) bond motifs is 1. The maximum Gasteiger partial charge on any atom is 0.258 e. The minimum absolute atomic E-state index is 0.00498. The number of hydrogen-bond donors (Lipinski definition) is 2. The van der Waals surface area contributed by atoms with E-state index in [0.717, 1.165) is 29.9 Å². The molecule has 0 amide bonds. The highest BCUT2D eigenvalue weighted by atomic mass is 16.5. The molecule has 6 heteroatoms. The van der Waals surface area contributed by atoms with Gasteiger partial charge in [-0.05, 0) is 23.8 Å². The summed E-state index contributed by atoms with van der Waals surface area (Å²) in [5.74, 6) is 0.00498. The normalized spacial score (nSPS) is 14.9. The van der Waals surface area contributed by atoms with Crippen LogP contribution in [0.5, 0.6) is 5.75 Å². The number of aromatic nitrogens is 2. The first-order valence-corrected chi connectivity index (χ1v) is 7.86. The number of aromatic amines is 1. The van der Waals surface area contributed by atoms with Crippen LogP contribution >= 0.6 is 0 Å². The Hall–Kier alpha value is -2.86. The third-order valence-electron chi connectivity index (χ3n) is 4.29. The van der Waals surface area contributed by atoms with Gasteiger partial charge in [-0.3, -0.25) is 4.79 Å². The van der Waals surface area contributed by atoms with Crippen molar-refractivity contribution in [2.24, 2.45) is 0 Å². The lowest BCUT2D eigenvalue weighted by molar-refractivity contribution is 0.123. The van der Waals surface area contributed by atoms with Crippen LogP contribution < -0.4 is 10.5 Å². The van der Waals surface area contributed by atoms with E-state index in [1.54, 1.807) is 12.1 Å². The SMILES string of the molecule is O=c1[nH]cnc2c(O)cc(-c3ccccc3N3CCOCC3)cc12. The zero-order valence-electron chi connectivity index (χ0n) is 13.0. The van der Waals surface area contributed by atoms with Gasteiger partial charge in [0.1, 0.15) is 11.3 Å². The van der Waals surface area contributed by atoms with Gasteiger partial charge in [0.05, 0.1) is 24.9 Å². The van der Waals surface area contributed by atoms with Gasteiger partial charge in [-0.25, -0.2) is 4.98 Å². The number of phenolic OH excluding ortho intramolecular Hbond substituents is 1. The molecular formula is C18H17N3O3. The van der Waals surface area contributed by atoms with Crippen LogP contribution in [0.25, 0.3) is 22.0 Å². The van der Waals surface area contributed by atoms with Crippen LogP contribution in [0.3, 0.4) is 0 Å². The summed E-state index contributed by atoms with van der Waals surface area (Å²) >= 11 is 0. The van der Waals surface area contributed by atoms with E-state index in [-0.39, 0.29) is 11.3 Å². The van der Waals surface area contributed by atoms with Crippen LogP contribution in [-0.4, -0.2) is 41.4 Å². The molecule has 0 aliphatic carbocycles. The van der Waals surface area contributed by atoms with Crippen LogP contribution in [0.2, 0.25) is 0 Å². The van der Waals surface area contributed by atoms with Crippen LogP contribution in [0.1, 0.15) is 0 Å². The molecule has 1 aliphatic heterocycles. The Morgan fingerprint density at radius 3 is 2.79 bits per heavy atom. The Labute approximate surface area is 138 Å². The number of rotatable bonds is 2. The number of hydrogen-bond acceptors (Lipinski definition) is 5. The van der Waals surface area contributed by atoms with Crippen molar-refractivity contribution in [3.05, 3.63) is 53.1 Å². The zero-order chi connectivity index (χ0) is 16.5. The molecule has 1 aromatic heterocycles. The lowest BCUT2D eigenvalue weighted by atomic mass is 10.0. The zero-order valence-corrected chi connectivity index (χ0v) is 13.0. The maximum absolute atomic E-state index is 12.1. The molecule has 24 heavy (non-hydrogen) atoms. The van der Waals surface area contributed by atoms with Gasteiger partial charge in [0.25, 0.3) is 5.56 Å². The molecule has 2 aromatic carbocycles. The van der Waals surface area contributed by atoms with Crippen LogP contribution in [-0.2, 0) is 4.74 Å². The van der Waals surface area contributed by atoms with E-state index < -0.39 is 0 Å². The number of morpholine rings is 1. The molecule has 122 valence electrons. The average Bonchev–Trinajstić information content (AvgIpc) is 2.63. The van der Waals surface area contributed by atoms with E-state index in [9.17, 15) is 9.90 Å². The minimum atomic E-state index is -0.263. The second kappa shape index (κ2) is 5.98. The Kier molecular flexibility index (Phi) is 3.66. The third-order valence-corrected chi connectivity index (χ3v) is 4.29. The molecule has 0 saturated carbocycles. The first kappa shape index (κ1) is 14.7. The fourth-order valence-corrected chi connectivity index (χ4v) is 3.11. The van der Waals surface area contributed by atoms with Gasteiger partial charge in [-0.2, -0.15) is 0 Å². The van der Waals surface area contributed by atoms with E-state index in [2.05, 4.69) is 20.9 Å². The molecular weight excluding hydrogens is 306 g/mol. The molecule has 0 radical (unpaired) electrons. The van der Waals surface area contributed by atoms with E-state index in [1.165, 1.54) is 6.33 Å². The minimum Gasteiger partial charge on any atom is -0.506 e. The molecule has 0 spiro atoms. The molecule has 4 rings (SSSR count). The van der Waals surface area contributed by atoms with Crippen molar-refractivity contribution in [2.75, 3.05) is 31.2 Å². The lowest BCUT2D eigenvalue weighted by Gasteiger charge is -2.30. The van der Waals surface area contributed by atoms with Gasteiger partial charge in [-0.1, -0.05) is 18.2 Å². The Morgan fingerprint density at radius 2 is 1.96 bits per heavy atom. The van der Waals surface area contributed by atoms with Gasteiger partial charge in [0, 0.05) is 24.3 Å². The number of nitrogens with one attached hydrogen (secondary N) is 1. The summed E-state index contributed by atoms with van der Waals surface area (Å²) in [6.07, 6.45) is 1.30. The van der Waals surface area contributed by atoms with E-state index in [0.29, 0.717) is 24.1 Å². The van der Waals surface area contributed by atoms with Gasteiger partial charge < -0.3 is 19.7 Å². The molecule has 0 unspecified atom stereocenters. The summed E-state index contributed by atoms with van der Waals surface area (Å²) in [5, 5.41) is 10.7. The van der Waals surface area contributed by atoms with Crippen molar-refractivity contribution < 1.29 is 9.84 Å². The van der Waals surface area contributed by atoms with Crippen molar-refractivity contribution in [1.82, 2.24) is 9.97 Å². The highest BCUT2D eigenvalue weighted by molar-refractivity contribution is 5.91. The predicted molar refractivity (Wildman–Crippen MR) is 92.5 cm³/mol. The van der Waals surface area contributed by atoms with Crippen molar-refractivity contribution in [1.29, 1.82) is 0 Å². The number of para-hydroxylation sites is 1. The van der Waals surface area contributed by atoms with Gasteiger partial charge in [0.15, 0.2) is 0 Å². The largest absolute Gasteiger partial charge is 0.506 e. The maximum atomic E-state index is 12.1. The van der Waals surface area contributed by atoms with Gasteiger partial charge in [0.2, 0.25) is 0 Å². The number of ether oxygens (including phenoxy) is 1. The molecule has 3 aromatic rings. The summed E-state index contributed by atoms with van der Waals surface area (Å²) in [6.45, 7) is 3.03. The number of anilines is 1. The summed E-state index contributed by atoms with van der Waals surface area (Å²) in [5.41, 5.74) is 2.88. The monoisotopic (exact) mass is 323 g/mol. The Balaban J connectivity index is 1.89. The summed E-state index contributed by atoms with van der Waals surface area (Å²) in [6, 6.07) is 11.4. The Morgan fingerprint density at radius 1 is 1.17 bits per heavy atom. The van der Waals surface area contributed by atoms with E-state index in [4.69, 9.17) is 4.74 Å². The van der Waals surface area contributed by atoms with E-state index in [1.807, 2.05) is 18.2 Å². The second-order valence-electron chi connectivity index (χ2n) is 5.74. The molecule has 2 N–H and O–H groups in total. The topological polar surface area (TPSA) is 78.5 Å². The number of nitrogens with zero attached hydrogens (tertiary/aromatic N) is 2. The summed E-state index contributed by atoms with van der Waals surface area (Å²) in [7, 11) is 0. The van der Waals surface area contributed by atoms with Crippen LogP contribution in [0.4, 0.5) is 5.69 Å². The molecule has 0 atom stereocenters. The van der Waals surface area contributed by atoms with Gasteiger partial charge in [-0.15, -0.1) is 0 Å². The smallest absolute Gasteiger partial charge is 0.258 e. The van der Waals surface area contributed by atoms with Crippen LogP contribution in [0, 0.1) is 0 Å². The quantitative estimate of drug-likeness (QED) is 0.755. The fourth-order valence-electron chi connectivity index (χ4n) is 3.11. The fraction of sp³-hybridized carbons (Fsp3) is 0.222. The molecule has 1 saturated heterocycles. The first-order chi connectivity index (χ1) is 11.7. The number of benzene rings is 2. The third kappa shape index (κ3) is 2.51. The van der Waals surface area contributed by atoms with Gasteiger partial charge >= 0.3 is 0 Å². The number of aromatic hydroxyl groups is 1. The van der Waals surface area contributed by atoms with Crippen molar-refractivity contribution >= 4 is 16.6 Å². The molecule has 2 heterocycles. The van der Waals surface area contributed by atoms with Crippen LogP contribution in [0.15, 0.2) is 47.5 Å². The summed E-state index contributed by atoms with van der Waals surface area (Å²) in [4.78, 5) is 20.9. The van der Waals surface area contributed by atoms with Crippen molar-refractivity contribution in [3.8, 4) is 16.9 Å². The molecule has 1 fully saturated rings. The summed E-state index contributed by atoms with van der Waals surface area (Å²) < 4.78 is 5.42. The molecule has 6 nitrogen and oxygen atoms in total. The highest BCUT2D eigenvalue weighted by Crippen LogP contribution is 2.35. The standard InChI is InChI=1S/C18H17N3O3/c22-16-10-12(9-14-17(16)19-11-20-18(14)23)13-3-1-2-4-15(13)21-5-7-24-8-6-21/h1-4,9-11,22H,5-8H2,(H,19,20,23). The van der Waals surface area contributed by atoms with E-state index >= 15 is 0 Å².